The van der Waals surface area contributed by atoms with Gasteiger partial charge in [0.2, 0.25) is 0 Å². The third-order valence-corrected chi connectivity index (χ3v) is 4.76. The van der Waals surface area contributed by atoms with Crippen molar-refractivity contribution in [1.82, 2.24) is 0 Å². The highest BCUT2D eigenvalue weighted by Gasteiger charge is 2.12. The highest BCUT2D eigenvalue weighted by atomic mass is 19.1. The Labute approximate surface area is 176 Å². The van der Waals surface area contributed by atoms with E-state index in [1.54, 1.807) is 43.5 Å². The summed E-state index contributed by atoms with van der Waals surface area (Å²) in [4.78, 5) is 25.1. The second-order valence-corrected chi connectivity index (χ2v) is 6.72. The molecule has 0 aliphatic heterocycles. The van der Waals surface area contributed by atoms with Gasteiger partial charge in [0, 0.05) is 22.9 Å². The van der Waals surface area contributed by atoms with E-state index in [-0.39, 0.29) is 5.43 Å². The Kier molecular flexibility index (Phi) is 5.41. The first-order chi connectivity index (χ1) is 15.0. The zero-order valence-electron chi connectivity index (χ0n) is 16.8. The number of anilines is 1. The Morgan fingerprint density at radius 1 is 0.903 bits per heavy atom. The second kappa shape index (κ2) is 8.31. The molecule has 0 radical (unpaired) electrons. The van der Waals surface area contributed by atoms with E-state index in [1.807, 2.05) is 0 Å². The maximum absolute atomic E-state index is 13.0. The molecule has 1 N–H and O–H groups in total. The van der Waals surface area contributed by atoms with Crippen LogP contribution in [0.3, 0.4) is 0 Å². The number of amides is 1. The minimum atomic E-state index is -0.426. The lowest BCUT2D eigenvalue weighted by Crippen LogP contribution is -2.12. The Morgan fingerprint density at radius 2 is 1.65 bits per heavy atom. The molecule has 0 unspecified atom stereocenters. The summed E-state index contributed by atoms with van der Waals surface area (Å²) in [5.74, 6) is 0.620. The van der Waals surface area contributed by atoms with Crippen LogP contribution in [-0.4, -0.2) is 20.1 Å². The highest BCUT2D eigenvalue weighted by Crippen LogP contribution is 2.33. The average molecular weight is 419 g/mol. The molecule has 31 heavy (non-hydrogen) atoms. The van der Waals surface area contributed by atoms with Crippen molar-refractivity contribution in [2.45, 2.75) is 0 Å². The Morgan fingerprint density at radius 3 is 2.35 bits per heavy atom. The molecule has 6 nitrogen and oxygen atoms in total. The van der Waals surface area contributed by atoms with Crippen molar-refractivity contribution in [3.05, 3.63) is 88.3 Å². The van der Waals surface area contributed by atoms with E-state index >= 15 is 0 Å². The SMILES string of the molecule is COc1ccc(-c2cc(=O)c3cc(NC(=O)c4ccc(F)cc4)ccc3o2)cc1OC. The van der Waals surface area contributed by atoms with Gasteiger partial charge < -0.3 is 19.2 Å². The lowest BCUT2D eigenvalue weighted by Gasteiger charge is -2.10. The Balaban J connectivity index is 1.66. The summed E-state index contributed by atoms with van der Waals surface area (Å²) in [6, 6.07) is 16.6. The van der Waals surface area contributed by atoms with Crippen LogP contribution in [-0.2, 0) is 0 Å². The first-order valence-electron chi connectivity index (χ1n) is 9.36. The summed E-state index contributed by atoms with van der Waals surface area (Å²) in [5.41, 5.74) is 1.50. The fourth-order valence-corrected chi connectivity index (χ4v) is 3.17. The van der Waals surface area contributed by atoms with Gasteiger partial charge in [-0.05, 0) is 60.7 Å². The van der Waals surface area contributed by atoms with Crippen molar-refractivity contribution in [1.29, 1.82) is 0 Å². The molecule has 0 bridgehead atoms. The van der Waals surface area contributed by atoms with Crippen LogP contribution in [0, 0.1) is 5.82 Å². The third kappa shape index (κ3) is 4.11. The van der Waals surface area contributed by atoms with E-state index in [1.165, 1.54) is 37.4 Å². The van der Waals surface area contributed by atoms with E-state index in [2.05, 4.69) is 5.32 Å². The molecular weight excluding hydrogens is 401 g/mol. The van der Waals surface area contributed by atoms with Gasteiger partial charge in [0.05, 0.1) is 19.6 Å². The molecule has 4 aromatic rings. The largest absolute Gasteiger partial charge is 0.493 e. The standard InChI is InChI=1S/C24H18FNO5/c1-29-21-9-5-15(11-23(21)30-2)22-13-19(27)18-12-17(8-10-20(18)31-22)26-24(28)14-3-6-16(25)7-4-14/h3-13H,1-2H3,(H,26,28). The van der Waals surface area contributed by atoms with Gasteiger partial charge in [0.15, 0.2) is 16.9 Å². The van der Waals surface area contributed by atoms with Crippen molar-refractivity contribution in [2.75, 3.05) is 19.5 Å². The van der Waals surface area contributed by atoms with Crippen molar-refractivity contribution < 1.29 is 23.1 Å². The molecule has 1 heterocycles. The number of fused-ring (bicyclic) bond motifs is 1. The molecule has 156 valence electrons. The highest BCUT2D eigenvalue weighted by molar-refractivity contribution is 6.05. The molecule has 3 aromatic carbocycles. The summed E-state index contributed by atoms with van der Waals surface area (Å²) >= 11 is 0. The van der Waals surface area contributed by atoms with Gasteiger partial charge in [-0.1, -0.05) is 0 Å². The van der Waals surface area contributed by atoms with Crippen LogP contribution in [0.2, 0.25) is 0 Å². The maximum Gasteiger partial charge on any atom is 0.255 e. The zero-order chi connectivity index (χ0) is 22.0. The quantitative estimate of drug-likeness (QED) is 0.499. The predicted octanol–water partition coefficient (Wildman–Crippen LogP) is 4.87. The minimum absolute atomic E-state index is 0.260. The number of carbonyl (C=O) groups excluding carboxylic acids is 1. The second-order valence-electron chi connectivity index (χ2n) is 6.72. The van der Waals surface area contributed by atoms with Gasteiger partial charge in [-0.25, -0.2) is 4.39 Å². The fraction of sp³-hybridized carbons (Fsp3) is 0.0833. The topological polar surface area (TPSA) is 77.8 Å². The van der Waals surface area contributed by atoms with Crippen molar-refractivity contribution in [2.24, 2.45) is 0 Å². The first-order valence-corrected chi connectivity index (χ1v) is 9.36. The van der Waals surface area contributed by atoms with Gasteiger partial charge in [-0.15, -0.1) is 0 Å². The van der Waals surface area contributed by atoms with E-state index in [0.717, 1.165) is 0 Å². The summed E-state index contributed by atoms with van der Waals surface area (Å²) in [6.07, 6.45) is 0. The third-order valence-electron chi connectivity index (χ3n) is 4.76. The maximum atomic E-state index is 13.0. The number of nitrogens with one attached hydrogen (secondary N) is 1. The van der Waals surface area contributed by atoms with Crippen LogP contribution in [0.5, 0.6) is 11.5 Å². The molecule has 0 fully saturated rings. The summed E-state index contributed by atoms with van der Waals surface area (Å²) in [7, 11) is 3.07. The normalized spacial score (nSPS) is 10.7. The van der Waals surface area contributed by atoms with Gasteiger partial charge in [-0.2, -0.15) is 0 Å². The molecule has 0 saturated heterocycles. The van der Waals surface area contributed by atoms with Crippen molar-refractivity contribution in [3.63, 3.8) is 0 Å². The molecule has 0 aliphatic rings. The molecule has 0 saturated carbocycles. The van der Waals surface area contributed by atoms with E-state index in [0.29, 0.717) is 45.0 Å². The number of methoxy groups -OCH3 is 2. The molecule has 0 aliphatic carbocycles. The van der Waals surface area contributed by atoms with Crippen LogP contribution in [0.4, 0.5) is 10.1 Å². The first kappa shape index (κ1) is 20.2. The Hall–Kier alpha value is -4.13. The van der Waals surface area contributed by atoms with Crippen LogP contribution < -0.4 is 20.2 Å². The van der Waals surface area contributed by atoms with Crippen molar-refractivity contribution >= 4 is 22.6 Å². The van der Waals surface area contributed by atoms with Gasteiger partial charge >= 0.3 is 0 Å². The zero-order valence-corrected chi connectivity index (χ0v) is 16.8. The smallest absolute Gasteiger partial charge is 0.255 e. The summed E-state index contributed by atoms with van der Waals surface area (Å²) in [5, 5.41) is 3.02. The minimum Gasteiger partial charge on any atom is -0.493 e. The molecule has 0 atom stereocenters. The predicted molar refractivity (Wildman–Crippen MR) is 115 cm³/mol. The van der Waals surface area contributed by atoms with Crippen LogP contribution in [0.1, 0.15) is 10.4 Å². The molecule has 4 rings (SSSR count). The van der Waals surface area contributed by atoms with Crippen LogP contribution in [0.25, 0.3) is 22.3 Å². The Bertz CT molecular complexity index is 1330. The summed E-state index contributed by atoms with van der Waals surface area (Å²) < 4.78 is 29.5. The lowest BCUT2D eigenvalue weighted by atomic mass is 10.1. The molecule has 1 amide bonds. The van der Waals surface area contributed by atoms with Gasteiger partial charge in [-0.3, -0.25) is 9.59 Å². The number of carbonyl (C=O) groups is 1. The molecule has 0 spiro atoms. The number of halogens is 1. The van der Waals surface area contributed by atoms with E-state index < -0.39 is 11.7 Å². The average Bonchev–Trinajstić information content (AvgIpc) is 2.79. The number of benzene rings is 3. The van der Waals surface area contributed by atoms with Crippen LogP contribution >= 0.6 is 0 Å². The number of rotatable bonds is 5. The van der Waals surface area contributed by atoms with Crippen LogP contribution in [0.15, 0.2) is 75.9 Å². The summed E-state index contributed by atoms with van der Waals surface area (Å²) in [6.45, 7) is 0. The number of ether oxygens (including phenoxy) is 2. The van der Waals surface area contributed by atoms with Gasteiger partial charge in [0.1, 0.15) is 17.2 Å². The number of hydrogen-bond acceptors (Lipinski definition) is 5. The molecule has 1 aromatic heterocycles. The lowest BCUT2D eigenvalue weighted by molar-refractivity contribution is 0.102. The number of hydrogen-bond donors (Lipinski definition) is 1. The molecule has 7 heteroatoms. The van der Waals surface area contributed by atoms with E-state index in [4.69, 9.17) is 13.9 Å². The van der Waals surface area contributed by atoms with E-state index in [9.17, 15) is 14.0 Å². The monoisotopic (exact) mass is 419 g/mol. The van der Waals surface area contributed by atoms with Crippen molar-refractivity contribution in [3.8, 4) is 22.8 Å². The van der Waals surface area contributed by atoms with Gasteiger partial charge in [0.25, 0.3) is 5.91 Å². The fourth-order valence-electron chi connectivity index (χ4n) is 3.17. The molecular formula is C24H18FNO5.